The van der Waals surface area contributed by atoms with E-state index in [2.05, 4.69) is 5.43 Å². The number of rotatable bonds is 0. The number of piperidine rings is 1. The summed E-state index contributed by atoms with van der Waals surface area (Å²) < 4.78 is 0. The molecule has 3 unspecified atom stereocenters. The zero-order valence-electron chi connectivity index (χ0n) is 8.13. The largest absolute Gasteiger partial charge is 0.297 e. The number of fused-ring (bicyclic) bond motifs is 3. The third kappa shape index (κ3) is 0.839. The Labute approximate surface area is 77.3 Å². The Morgan fingerprint density at radius 2 is 2.08 bits per heavy atom. The minimum atomic E-state index is -0.495. The van der Waals surface area contributed by atoms with Gasteiger partial charge in [-0.05, 0) is 6.92 Å². The van der Waals surface area contributed by atoms with Gasteiger partial charge >= 0.3 is 0 Å². The van der Waals surface area contributed by atoms with Crippen molar-refractivity contribution in [1.82, 2.24) is 10.4 Å². The van der Waals surface area contributed by atoms with Crippen molar-refractivity contribution >= 4 is 11.7 Å². The van der Waals surface area contributed by atoms with Gasteiger partial charge in [0, 0.05) is 6.54 Å². The topological polar surface area (TPSA) is 49.4 Å². The standard InChI is InChI=1S/C9H14N2O2/c1-5-8(13)11-6(2)7(12)9(5,3)4-10-11/h5-6,10H,4H2,1-3H3. The van der Waals surface area contributed by atoms with E-state index in [9.17, 15) is 9.59 Å². The summed E-state index contributed by atoms with van der Waals surface area (Å²) >= 11 is 0. The summed E-state index contributed by atoms with van der Waals surface area (Å²) in [5, 5.41) is 1.47. The van der Waals surface area contributed by atoms with Crippen molar-refractivity contribution in [3.8, 4) is 0 Å². The molecule has 4 nitrogen and oxygen atoms in total. The number of carbonyl (C=O) groups is 2. The average molecular weight is 182 g/mol. The van der Waals surface area contributed by atoms with Crippen LogP contribution in [0.5, 0.6) is 0 Å². The van der Waals surface area contributed by atoms with Gasteiger partial charge in [-0.15, -0.1) is 0 Å². The summed E-state index contributed by atoms with van der Waals surface area (Å²) in [6.07, 6.45) is 0. The summed E-state index contributed by atoms with van der Waals surface area (Å²) in [5.41, 5.74) is 2.49. The molecule has 3 aliphatic heterocycles. The van der Waals surface area contributed by atoms with Crippen LogP contribution in [-0.2, 0) is 9.59 Å². The number of nitrogens with zero attached hydrogens (tertiary/aromatic N) is 1. The van der Waals surface area contributed by atoms with Crippen LogP contribution in [0.1, 0.15) is 20.8 Å². The molecule has 0 spiro atoms. The zero-order chi connectivity index (χ0) is 9.80. The monoisotopic (exact) mass is 182 g/mol. The molecule has 1 amide bonds. The van der Waals surface area contributed by atoms with E-state index in [4.69, 9.17) is 0 Å². The SMILES string of the molecule is CC1C(=O)C2(C)CNN1C(=O)C2C. The van der Waals surface area contributed by atoms with Crippen molar-refractivity contribution in [2.24, 2.45) is 11.3 Å². The maximum atomic E-state index is 11.8. The first-order valence-corrected chi connectivity index (χ1v) is 4.59. The van der Waals surface area contributed by atoms with Crippen LogP contribution in [0.25, 0.3) is 0 Å². The molecule has 0 saturated carbocycles. The number of hydrogen-bond donors (Lipinski definition) is 1. The first-order valence-electron chi connectivity index (χ1n) is 4.59. The van der Waals surface area contributed by atoms with E-state index in [0.717, 1.165) is 0 Å². The van der Waals surface area contributed by atoms with Crippen LogP contribution in [0.2, 0.25) is 0 Å². The quantitative estimate of drug-likeness (QED) is 0.571. The average Bonchev–Trinajstić information content (AvgIpc) is 2.10. The van der Waals surface area contributed by atoms with Crippen molar-refractivity contribution in [3.05, 3.63) is 0 Å². The molecule has 72 valence electrons. The van der Waals surface area contributed by atoms with Crippen LogP contribution >= 0.6 is 0 Å². The minimum Gasteiger partial charge on any atom is -0.297 e. The van der Waals surface area contributed by atoms with Gasteiger partial charge in [-0.3, -0.25) is 14.6 Å². The van der Waals surface area contributed by atoms with Gasteiger partial charge < -0.3 is 0 Å². The molecule has 3 aliphatic rings. The van der Waals surface area contributed by atoms with E-state index < -0.39 is 5.41 Å². The molecule has 3 atom stereocenters. The van der Waals surface area contributed by atoms with Crippen LogP contribution in [0, 0.1) is 11.3 Å². The fraction of sp³-hybridized carbons (Fsp3) is 0.778. The molecule has 0 aromatic heterocycles. The van der Waals surface area contributed by atoms with Gasteiger partial charge in [-0.2, -0.15) is 0 Å². The maximum absolute atomic E-state index is 11.8. The Hall–Kier alpha value is -0.900. The van der Waals surface area contributed by atoms with Gasteiger partial charge in [0.15, 0.2) is 5.78 Å². The lowest BCUT2D eigenvalue weighted by molar-refractivity contribution is -0.174. The number of ketones is 1. The summed E-state index contributed by atoms with van der Waals surface area (Å²) in [6, 6.07) is -0.303. The van der Waals surface area contributed by atoms with Crippen molar-refractivity contribution in [2.75, 3.05) is 6.54 Å². The third-order valence-electron chi connectivity index (χ3n) is 3.51. The smallest absolute Gasteiger partial charge is 0.241 e. The van der Waals surface area contributed by atoms with E-state index in [-0.39, 0.29) is 23.7 Å². The molecule has 0 aromatic rings. The Bertz CT molecular complexity index is 285. The molecular weight excluding hydrogens is 168 g/mol. The lowest BCUT2D eigenvalue weighted by Crippen LogP contribution is -2.72. The van der Waals surface area contributed by atoms with E-state index in [1.54, 1.807) is 6.92 Å². The van der Waals surface area contributed by atoms with Crippen molar-refractivity contribution in [2.45, 2.75) is 26.8 Å². The fourth-order valence-corrected chi connectivity index (χ4v) is 2.18. The fourth-order valence-electron chi connectivity index (χ4n) is 2.18. The van der Waals surface area contributed by atoms with Crippen LogP contribution < -0.4 is 5.43 Å². The van der Waals surface area contributed by atoms with Gasteiger partial charge in [0.05, 0.1) is 11.3 Å². The lowest BCUT2D eigenvalue weighted by Gasteiger charge is -2.52. The number of Topliss-reactive ketones (excluding diaryl/α,β-unsaturated/α-hetero) is 1. The molecule has 13 heavy (non-hydrogen) atoms. The van der Waals surface area contributed by atoms with Crippen LogP contribution in [0.4, 0.5) is 0 Å². The highest BCUT2D eigenvalue weighted by molar-refractivity contribution is 6.01. The first-order chi connectivity index (χ1) is 5.98. The van der Waals surface area contributed by atoms with Gasteiger partial charge in [-0.25, -0.2) is 5.43 Å². The maximum Gasteiger partial charge on any atom is 0.241 e. The molecule has 2 bridgehead atoms. The normalized spacial score (nSPS) is 44.4. The number of carbonyl (C=O) groups excluding carboxylic acids is 2. The second-order valence-electron chi connectivity index (χ2n) is 4.22. The highest BCUT2D eigenvalue weighted by Gasteiger charge is 2.56. The number of hydrazine groups is 1. The molecule has 3 saturated heterocycles. The van der Waals surface area contributed by atoms with E-state index >= 15 is 0 Å². The molecule has 0 aromatic carbocycles. The molecule has 0 aliphatic carbocycles. The number of amides is 1. The Morgan fingerprint density at radius 1 is 1.46 bits per heavy atom. The molecule has 3 fully saturated rings. The van der Waals surface area contributed by atoms with Crippen molar-refractivity contribution in [3.63, 3.8) is 0 Å². The lowest BCUT2D eigenvalue weighted by atomic mass is 9.67. The predicted octanol–water partition coefficient (Wildman–Crippen LogP) is -0.0532. The number of nitrogens with one attached hydrogen (secondary N) is 1. The van der Waals surface area contributed by atoms with Gasteiger partial charge in [0.1, 0.15) is 6.04 Å². The van der Waals surface area contributed by atoms with Crippen LogP contribution in [0.3, 0.4) is 0 Å². The summed E-state index contributed by atoms with van der Waals surface area (Å²) in [4.78, 5) is 23.5. The highest BCUT2D eigenvalue weighted by atomic mass is 16.2. The molecule has 4 heteroatoms. The molecule has 1 N–H and O–H groups in total. The first kappa shape index (κ1) is 8.69. The summed E-state index contributed by atoms with van der Waals surface area (Å²) in [7, 11) is 0. The van der Waals surface area contributed by atoms with E-state index in [1.807, 2.05) is 13.8 Å². The second-order valence-corrected chi connectivity index (χ2v) is 4.22. The Balaban J connectivity index is 2.45. The molecule has 3 heterocycles. The predicted molar refractivity (Wildman–Crippen MR) is 46.6 cm³/mol. The van der Waals surface area contributed by atoms with Gasteiger partial charge in [-0.1, -0.05) is 13.8 Å². The third-order valence-corrected chi connectivity index (χ3v) is 3.51. The summed E-state index contributed by atoms with van der Waals surface area (Å²) in [6.45, 7) is 6.07. The van der Waals surface area contributed by atoms with Crippen molar-refractivity contribution in [1.29, 1.82) is 0 Å². The van der Waals surface area contributed by atoms with E-state index in [1.165, 1.54) is 5.01 Å². The Morgan fingerprint density at radius 3 is 2.69 bits per heavy atom. The second kappa shape index (κ2) is 2.32. The van der Waals surface area contributed by atoms with E-state index in [0.29, 0.717) is 6.54 Å². The van der Waals surface area contributed by atoms with Crippen LogP contribution in [-0.4, -0.2) is 29.3 Å². The minimum absolute atomic E-state index is 0.0425. The Kier molecular flexibility index (Phi) is 1.55. The van der Waals surface area contributed by atoms with Crippen molar-refractivity contribution < 1.29 is 9.59 Å². The molecular formula is C9H14N2O2. The summed E-state index contributed by atoms with van der Waals surface area (Å²) in [5.74, 6) is 0.0386. The van der Waals surface area contributed by atoms with Gasteiger partial charge in [0.25, 0.3) is 0 Å². The van der Waals surface area contributed by atoms with Crippen LogP contribution in [0.15, 0.2) is 0 Å². The highest BCUT2D eigenvalue weighted by Crippen LogP contribution is 2.39. The molecule has 3 rings (SSSR count). The number of hydrogen-bond acceptors (Lipinski definition) is 3. The molecule has 0 radical (unpaired) electrons. The zero-order valence-corrected chi connectivity index (χ0v) is 8.13. The van der Waals surface area contributed by atoms with Gasteiger partial charge in [0.2, 0.25) is 5.91 Å².